The van der Waals surface area contributed by atoms with Gasteiger partial charge in [-0.05, 0) is 12.8 Å². The van der Waals surface area contributed by atoms with Crippen molar-refractivity contribution in [1.29, 1.82) is 0 Å². The maximum absolute atomic E-state index is 6.27. The van der Waals surface area contributed by atoms with Crippen LogP contribution in [-0.4, -0.2) is 24.5 Å². The van der Waals surface area contributed by atoms with E-state index < -0.39 is 24.5 Å². The van der Waals surface area contributed by atoms with E-state index >= 15 is 0 Å². The summed E-state index contributed by atoms with van der Waals surface area (Å²) in [6.45, 7) is 0. The van der Waals surface area contributed by atoms with E-state index in [4.69, 9.17) is 103 Å². The first kappa shape index (κ1) is 16.9. The third-order valence-corrected chi connectivity index (χ3v) is 13.1. The lowest BCUT2D eigenvalue weighted by molar-refractivity contribution is 0.431. The third-order valence-electron chi connectivity index (χ3n) is 2.50. The van der Waals surface area contributed by atoms with Gasteiger partial charge in [-0.2, -0.15) is 0 Å². The lowest BCUT2D eigenvalue weighted by atomic mass is 9.96. The van der Waals surface area contributed by atoms with Crippen molar-refractivity contribution >= 4 is 109 Å². The van der Waals surface area contributed by atoms with E-state index in [9.17, 15) is 0 Å². The molecule has 0 radical (unpaired) electrons. The Labute approximate surface area is 139 Å². The predicted molar refractivity (Wildman–Crippen MR) is 79.6 cm³/mol. The van der Waals surface area contributed by atoms with Crippen LogP contribution in [0.5, 0.6) is 0 Å². The molecule has 16 heavy (non-hydrogen) atoms. The maximum atomic E-state index is 6.27. The molecule has 0 aromatic rings. The molecule has 0 bridgehead atoms. The zero-order valence-electron chi connectivity index (χ0n) is 7.39. The van der Waals surface area contributed by atoms with Gasteiger partial charge in [-0.25, -0.2) is 0 Å². The minimum Gasteiger partial charge on any atom is -0.124 e. The summed E-state index contributed by atoms with van der Waals surface area (Å²) in [4.78, 5) is 0. The highest BCUT2D eigenvalue weighted by atomic mass is 35.8. The van der Waals surface area contributed by atoms with Crippen LogP contribution >= 0.6 is 103 Å². The zero-order valence-corrected chi connectivity index (χ0v) is 15.2. The number of alkyl halides is 6. The molecule has 2 unspecified atom stereocenters. The van der Waals surface area contributed by atoms with Gasteiger partial charge in [0.1, 0.15) is 4.50 Å². The first-order valence-corrected chi connectivity index (χ1v) is 11.4. The number of hydrogen-bond acceptors (Lipinski definition) is 0. The molecule has 10 heteroatoms. The summed E-state index contributed by atoms with van der Waals surface area (Å²) in [5.74, 6) is 0. The summed E-state index contributed by atoms with van der Waals surface area (Å²) in [5.41, 5.74) is 0. The van der Waals surface area contributed by atoms with Crippen LogP contribution < -0.4 is 0 Å². The van der Waals surface area contributed by atoms with Gasteiger partial charge < -0.3 is 0 Å². The molecule has 0 saturated heterocycles. The van der Waals surface area contributed by atoms with Crippen LogP contribution in [0.3, 0.4) is 0 Å². The Bertz CT molecular complexity index is 284. The fourth-order valence-electron chi connectivity index (χ4n) is 1.44. The van der Waals surface area contributed by atoms with Crippen LogP contribution in [-0.2, 0) is 0 Å². The topological polar surface area (TPSA) is 0 Å². The molecule has 0 N–H and O–H groups in total. The summed E-state index contributed by atoms with van der Waals surface area (Å²) in [5, 5.41) is -0.668. The summed E-state index contributed by atoms with van der Waals surface area (Å²) in [6, 6.07) is -3.44. The predicted octanol–water partition coefficient (Wildman–Crippen LogP) is 5.91. The van der Waals surface area contributed by atoms with Crippen molar-refractivity contribution in [1.82, 2.24) is 0 Å². The first-order chi connectivity index (χ1) is 6.88. The van der Waals surface area contributed by atoms with E-state index in [2.05, 4.69) is 0 Å². The van der Waals surface area contributed by atoms with Gasteiger partial charge >= 0.3 is 6.00 Å². The van der Waals surface area contributed by atoms with Gasteiger partial charge in [-0.1, -0.05) is 46.4 Å². The van der Waals surface area contributed by atoms with E-state index in [1.807, 2.05) is 0 Å². The first-order valence-electron chi connectivity index (χ1n) is 4.03. The van der Waals surface area contributed by atoms with Crippen molar-refractivity contribution in [2.45, 2.75) is 31.4 Å². The van der Waals surface area contributed by atoms with Gasteiger partial charge in [0.2, 0.25) is 0 Å². The quantitative estimate of drug-likeness (QED) is 0.279. The van der Waals surface area contributed by atoms with Crippen LogP contribution in [0.15, 0.2) is 0 Å². The van der Waals surface area contributed by atoms with Crippen molar-refractivity contribution in [3.05, 3.63) is 0 Å². The Morgan fingerprint density at radius 1 is 0.938 bits per heavy atom. The standard InChI is InChI=1S/C6H5Cl9Si/c7-3-1-2-4(8,16(13,14)15)6(11,12)5(3,9)10/h3H,1-2H2. The van der Waals surface area contributed by atoms with Crippen molar-refractivity contribution in [3.8, 4) is 0 Å². The molecule has 0 spiro atoms. The van der Waals surface area contributed by atoms with Gasteiger partial charge in [-0.3, -0.25) is 0 Å². The minimum atomic E-state index is -3.44. The average molecular weight is 424 g/mol. The Morgan fingerprint density at radius 3 is 1.75 bits per heavy atom. The molecule has 0 aromatic heterocycles. The molecule has 0 aliphatic heterocycles. The smallest absolute Gasteiger partial charge is 0.124 e. The highest BCUT2D eigenvalue weighted by Gasteiger charge is 2.73. The minimum absolute atomic E-state index is 0.236. The fourth-order valence-corrected chi connectivity index (χ4v) is 8.16. The van der Waals surface area contributed by atoms with Crippen molar-refractivity contribution < 1.29 is 0 Å². The normalized spacial score (nSPS) is 38.4. The Balaban J connectivity index is 3.27. The SMILES string of the molecule is ClC1CCC(Cl)([Si](Cl)(Cl)Cl)C(Cl)(Cl)C1(Cl)Cl. The van der Waals surface area contributed by atoms with Crippen LogP contribution in [0.25, 0.3) is 0 Å². The van der Waals surface area contributed by atoms with E-state index in [1.54, 1.807) is 0 Å². The summed E-state index contributed by atoms with van der Waals surface area (Å²) in [6.07, 6.45) is 0.597. The fraction of sp³-hybridized carbons (Fsp3) is 1.00. The molecule has 0 nitrogen and oxygen atoms in total. The molecule has 0 aromatic carbocycles. The molecule has 96 valence electrons. The van der Waals surface area contributed by atoms with Gasteiger partial charge in [0.15, 0.2) is 8.67 Å². The van der Waals surface area contributed by atoms with E-state index in [0.29, 0.717) is 6.42 Å². The second kappa shape index (κ2) is 4.98. The largest absolute Gasteiger partial charge is 0.364 e. The molecule has 1 saturated carbocycles. The average Bonchev–Trinajstić information content (AvgIpc) is 2.08. The number of rotatable bonds is 1. The van der Waals surface area contributed by atoms with Crippen LogP contribution in [0.4, 0.5) is 0 Å². The molecule has 1 aliphatic carbocycles. The monoisotopic (exact) mass is 420 g/mol. The van der Waals surface area contributed by atoms with Crippen LogP contribution in [0, 0.1) is 0 Å². The molecule has 2 atom stereocenters. The van der Waals surface area contributed by atoms with Gasteiger partial charge in [0, 0.05) is 0 Å². The number of hydrogen-bond donors (Lipinski definition) is 0. The zero-order chi connectivity index (χ0) is 13.0. The highest BCUT2D eigenvalue weighted by molar-refractivity contribution is 7.67. The lowest BCUT2D eigenvalue weighted by Crippen LogP contribution is -2.67. The molecule has 1 rings (SSSR count). The van der Waals surface area contributed by atoms with E-state index in [0.717, 1.165) is 0 Å². The number of halogens is 9. The van der Waals surface area contributed by atoms with Gasteiger partial charge in [0.05, 0.1) is 5.38 Å². The summed E-state index contributed by atoms with van der Waals surface area (Å²) in [7, 11) is 0. The second-order valence-corrected chi connectivity index (χ2v) is 16.4. The lowest BCUT2D eigenvalue weighted by Gasteiger charge is -2.52. The maximum Gasteiger partial charge on any atom is 0.364 e. The summed E-state index contributed by atoms with van der Waals surface area (Å²) < 4.78 is -5.01. The van der Waals surface area contributed by atoms with E-state index in [1.165, 1.54) is 0 Å². The van der Waals surface area contributed by atoms with Crippen molar-refractivity contribution in [2.24, 2.45) is 0 Å². The van der Waals surface area contributed by atoms with Gasteiger partial charge in [0.25, 0.3) is 0 Å². The van der Waals surface area contributed by atoms with E-state index in [-0.39, 0.29) is 6.42 Å². The molecular formula is C6H5Cl9Si. The molecular weight excluding hydrogens is 419 g/mol. The molecule has 0 amide bonds. The van der Waals surface area contributed by atoms with Crippen molar-refractivity contribution in [3.63, 3.8) is 0 Å². The second-order valence-electron chi connectivity index (χ2n) is 3.50. The van der Waals surface area contributed by atoms with Gasteiger partial charge in [-0.15, -0.1) is 56.4 Å². The van der Waals surface area contributed by atoms with Crippen LogP contribution in [0.1, 0.15) is 12.8 Å². The Kier molecular flexibility index (Phi) is 5.26. The highest BCUT2D eigenvalue weighted by Crippen LogP contribution is 2.65. The van der Waals surface area contributed by atoms with Crippen LogP contribution in [0.2, 0.25) is 0 Å². The Morgan fingerprint density at radius 2 is 1.38 bits per heavy atom. The molecule has 1 fully saturated rings. The molecule has 0 heterocycles. The summed E-state index contributed by atoms with van der Waals surface area (Å²) >= 11 is 54.3. The van der Waals surface area contributed by atoms with Crippen molar-refractivity contribution in [2.75, 3.05) is 0 Å². The third kappa shape index (κ3) is 2.41. The Hall–Kier alpha value is 2.83. The molecule has 1 aliphatic rings.